The van der Waals surface area contributed by atoms with Crippen LogP contribution in [0.1, 0.15) is 17.7 Å². The maximum atomic E-state index is 13.0. The molecule has 112 valence electrons. The Morgan fingerprint density at radius 3 is 2.38 bits per heavy atom. The van der Waals surface area contributed by atoms with Crippen LogP contribution in [0.4, 0.5) is 13.2 Å². The number of pyridine rings is 1. The van der Waals surface area contributed by atoms with Crippen molar-refractivity contribution in [3.05, 3.63) is 28.4 Å². The Bertz CT molecular complexity index is 716. The number of alkyl halides is 3. The predicted molar refractivity (Wildman–Crippen MR) is 72.1 cm³/mol. The molecule has 0 radical (unpaired) electrons. The fourth-order valence-corrected chi connectivity index (χ4v) is 2.49. The average molecular weight is 318 g/mol. The van der Waals surface area contributed by atoms with Gasteiger partial charge in [0.15, 0.2) is 11.5 Å². The van der Waals surface area contributed by atoms with Gasteiger partial charge in [-0.05, 0) is 18.6 Å². The lowest BCUT2D eigenvalue weighted by Crippen LogP contribution is -2.11. The average Bonchev–Trinajstić information content (AvgIpc) is 2.64. The molecule has 2 aromatic rings. The monoisotopic (exact) mass is 317 g/mol. The second-order valence-corrected chi connectivity index (χ2v) is 5.14. The quantitative estimate of drug-likeness (QED) is 0.722. The van der Waals surface area contributed by atoms with Crippen LogP contribution in [-0.2, 0) is 6.18 Å². The van der Waals surface area contributed by atoms with Crippen molar-refractivity contribution in [2.24, 2.45) is 0 Å². The zero-order valence-electron chi connectivity index (χ0n) is 11.1. The molecule has 0 unspecified atom stereocenters. The molecule has 0 saturated carbocycles. The van der Waals surface area contributed by atoms with Crippen LogP contribution in [0, 0.1) is 6.92 Å². The summed E-state index contributed by atoms with van der Waals surface area (Å²) in [6.07, 6.45) is -3.84. The van der Waals surface area contributed by atoms with Gasteiger partial charge in [-0.15, -0.1) is 0 Å². The number of aromatic nitrogens is 1. The minimum absolute atomic E-state index is 0.0305. The normalized spacial score (nSPS) is 15.1. The third-order valence-electron chi connectivity index (χ3n) is 3.29. The molecule has 1 aliphatic heterocycles. The van der Waals surface area contributed by atoms with Crippen molar-refractivity contribution in [1.29, 1.82) is 0 Å². The van der Waals surface area contributed by atoms with Crippen molar-refractivity contribution in [3.63, 3.8) is 0 Å². The highest BCUT2D eigenvalue weighted by Crippen LogP contribution is 2.41. The minimum Gasteiger partial charge on any atom is -0.490 e. The molecule has 3 nitrogen and oxygen atoms in total. The Labute approximate surface area is 123 Å². The van der Waals surface area contributed by atoms with Crippen LogP contribution in [0.5, 0.6) is 11.5 Å². The van der Waals surface area contributed by atoms with E-state index in [0.29, 0.717) is 36.5 Å². The molecule has 1 aromatic heterocycles. The lowest BCUT2D eigenvalue weighted by Gasteiger charge is -2.14. The summed E-state index contributed by atoms with van der Waals surface area (Å²) < 4.78 is 49.9. The molecule has 0 bridgehead atoms. The van der Waals surface area contributed by atoms with E-state index in [2.05, 4.69) is 4.98 Å². The lowest BCUT2D eigenvalue weighted by atomic mass is 10.1. The van der Waals surface area contributed by atoms with Crippen molar-refractivity contribution in [2.45, 2.75) is 19.5 Å². The molecule has 7 heteroatoms. The number of halogens is 4. The molecule has 2 heterocycles. The number of fused-ring (bicyclic) bond motifs is 2. The topological polar surface area (TPSA) is 31.4 Å². The second kappa shape index (κ2) is 4.94. The van der Waals surface area contributed by atoms with E-state index in [0.717, 1.165) is 0 Å². The van der Waals surface area contributed by atoms with Gasteiger partial charge in [-0.2, -0.15) is 13.2 Å². The molecule has 0 atom stereocenters. The molecule has 21 heavy (non-hydrogen) atoms. The van der Waals surface area contributed by atoms with Crippen LogP contribution in [0.25, 0.3) is 10.9 Å². The molecular weight excluding hydrogens is 307 g/mol. The third-order valence-corrected chi connectivity index (χ3v) is 3.77. The van der Waals surface area contributed by atoms with Gasteiger partial charge < -0.3 is 9.47 Å². The van der Waals surface area contributed by atoms with Crippen molar-refractivity contribution >= 4 is 22.5 Å². The molecule has 0 fully saturated rings. The molecule has 0 N–H and O–H groups in total. The van der Waals surface area contributed by atoms with Crippen molar-refractivity contribution in [3.8, 4) is 11.5 Å². The van der Waals surface area contributed by atoms with Gasteiger partial charge in [0, 0.05) is 17.9 Å². The molecule has 1 aliphatic rings. The number of rotatable bonds is 0. The van der Waals surface area contributed by atoms with E-state index in [1.54, 1.807) is 6.07 Å². The zero-order valence-corrected chi connectivity index (χ0v) is 11.8. The highest BCUT2D eigenvalue weighted by atomic mass is 35.5. The maximum Gasteiger partial charge on any atom is 0.433 e. The molecule has 1 aromatic carbocycles. The smallest absolute Gasteiger partial charge is 0.433 e. The number of nitrogens with zero attached hydrogens (tertiary/aromatic N) is 1. The molecule has 0 saturated heterocycles. The summed E-state index contributed by atoms with van der Waals surface area (Å²) in [5, 5.41) is 0.453. The second-order valence-electron chi connectivity index (χ2n) is 4.76. The highest BCUT2D eigenvalue weighted by Gasteiger charge is 2.36. The van der Waals surface area contributed by atoms with E-state index < -0.39 is 11.9 Å². The Morgan fingerprint density at radius 2 is 1.76 bits per heavy atom. The molecule has 3 rings (SSSR count). The van der Waals surface area contributed by atoms with E-state index in [1.807, 2.05) is 0 Å². The summed E-state index contributed by atoms with van der Waals surface area (Å²) in [6.45, 7) is 2.24. The highest BCUT2D eigenvalue weighted by molar-refractivity contribution is 6.36. The van der Waals surface area contributed by atoms with E-state index >= 15 is 0 Å². The number of hydrogen-bond donors (Lipinski definition) is 0. The van der Waals surface area contributed by atoms with Crippen molar-refractivity contribution in [2.75, 3.05) is 13.2 Å². The Kier molecular flexibility index (Phi) is 3.36. The summed E-state index contributed by atoms with van der Waals surface area (Å²) in [7, 11) is 0. The van der Waals surface area contributed by atoms with Crippen LogP contribution < -0.4 is 9.47 Å². The first-order valence-electron chi connectivity index (χ1n) is 6.34. The minimum atomic E-state index is -4.55. The molecule has 0 amide bonds. The summed E-state index contributed by atoms with van der Waals surface area (Å²) in [5.41, 5.74) is -0.928. The third kappa shape index (κ3) is 2.48. The van der Waals surface area contributed by atoms with E-state index in [-0.39, 0.29) is 16.1 Å². The van der Waals surface area contributed by atoms with E-state index in [1.165, 1.54) is 13.0 Å². The summed E-state index contributed by atoms with van der Waals surface area (Å²) in [4.78, 5) is 3.70. The number of hydrogen-bond acceptors (Lipinski definition) is 3. The standard InChI is InChI=1S/C14H11ClF3NO2/c1-7-12(15)8-5-10-11(21-4-2-3-20-10)6-9(8)19-13(7)14(16,17)18/h5-6H,2-4H2,1H3. The van der Waals surface area contributed by atoms with Gasteiger partial charge in [-0.25, -0.2) is 4.98 Å². The van der Waals surface area contributed by atoms with Gasteiger partial charge in [0.2, 0.25) is 0 Å². The molecule has 0 aliphatic carbocycles. The fraction of sp³-hybridized carbons (Fsp3) is 0.357. The van der Waals surface area contributed by atoms with Crippen molar-refractivity contribution in [1.82, 2.24) is 4.98 Å². The van der Waals surface area contributed by atoms with Gasteiger partial charge in [0.05, 0.1) is 23.8 Å². The van der Waals surface area contributed by atoms with Crippen LogP contribution in [0.15, 0.2) is 12.1 Å². The largest absolute Gasteiger partial charge is 0.490 e. The van der Waals surface area contributed by atoms with Crippen LogP contribution >= 0.6 is 11.6 Å². The van der Waals surface area contributed by atoms with Gasteiger partial charge in [0.1, 0.15) is 5.69 Å². The molecular formula is C14H11ClF3NO2. The zero-order chi connectivity index (χ0) is 15.2. The summed E-state index contributed by atoms with van der Waals surface area (Å²) in [6, 6.07) is 3.02. The van der Waals surface area contributed by atoms with E-state index in [9.17, 15) is 13.2 Å². The van der Waals surface area contributed by atoms with Crippen LogP contribution in [-0.4, -0.2) is 18.2 Å². The number of ether oxygens (including phenoxy) is 2. The van der Waals surface area contributed by atoms with Gasteiger partial charge in [-0.3, -0.25) is 0 Å². The summed E-state index contributed by atoms with van der Waals surface area (Å²) in [5.74, 6) is 0.864. The Morgan fingerprint density at radius 1 is 1.14 bits per heavy atom. The van der Waals surface area contributed by atoms with Crippen molar-refractivity contribution < 1.29 is 22.6 Å². The SMILES string of the molecule is Cc1c(C(F)(F)F)nc2cc3c(cc2c1Cl)OCCCO3. The maximum absolute atomic E-state index is 13.0. The van der Waals surface area contributed by atoms with E-state index in [4.69, 9.17) is 21.1 Å². The van der Waals surface area contributed by atoms with Crippen LogP contribution in [0.2, 0.25) is 5.02 Å². The van der Waals surface area contributed by atoms with Crippen LogP contribution in [0.3, 0.4) is 0 Å². The summed E-state index contributed by atoms with van der Waals surface area (Å²) >= 11 is 6.08. The lowest BCUT2D eigenvalue weighted by molar-refractivity contribution is -0.141. The Hall–Kier alpha value is -1.69. The Balaban J connectivity index is 2.28. The molecule has 0 spiro atoms. The number of benzene rings is 1. The van der Waals surface area contributed by atoms with Gasteiger partial charge >= 0.3 is 6.18 Å². The first-order valence-corrected chi connectivity index (χ1v) is 6.72. The first-order chi connectivity index (χ1) is 9.88. The first kappa shape index (κ1) is 14.3. The van der Waals surface area contributed by atoms with Gasteiger partial charge in [-0.1, -0.05) is 11.6 Å². The fourth-order valence-electron chi connectivity index (χ4n) is 2.25. The van der Waals surface area contributed by atoms with Gasteiger partial charge in [0.25, 0.3) is 0 Å². The predicted octanol–water partition coefficient (Wildman–Crippen LogP) is 4.38.